The predicted molar refractivity (Wildman–Crippen MR) is 333 cm³/mol. The van der Waals surface area contributed by atoms with E-state index < -0.39 is 106 Å². The van der Waals surface area contributed by atoms with Gasteiger partial charge in [0, 0.05) is 0 Å². The molecule has 0 aromatic rings. The van der Waals surface area contributed by atoms with E-state index in [9.17, 15) is 19.2 Å². The molecule has 0 fully saturated rings. The molecule has 0 N–H and O–H groups in total. The van der Waals surface area contributed by atoms with E-state index >= 15 is 0 Å². The van der Waals surface area contributed by atoms with Crippen LogP contribution in [0, 0.1) is 5.41 Å². The maximum absolute atomic E-state index is 12.8. The van der Waals surface area contributed by atoms with Crippen LogP contribution in [0.4, 0.5) is 0 Å². The van der Waals surface area contributed by atoms with Crippen LogP contribution >= 0.6 is 0 Å². The zero-order chi connectivity index (χ0) is 61.1. The van der Waals surface area contributed by atoms with Crippen LogP contribution in [0.15, 0.2) is 0 Å². The average molecular weight is 1620 g/mol. The number of esters is 4. The van der Waals surface area contributed by atoms with Gasteiger partial charge in [-0.25, -0.2) is 0 Å². The summed E-state index contributed by atoms with van der Waals surface area (Å²) in [5.41, 5.74) is -2.67. The number of ether oxygens (including phenoxy) is 12. The molecule has 0 aromatic heterocycles. The molecule has 0 radical (unpaired) electrons. The first-order valence-corrected chi connectivity index (χ1v) is 50.0. The molecule has 0 saturated carbocycles. The van der Waals surface area contributed by atoms with Gasteiger partial charge in [0.1, 0.15) is 0 Å². The summed E-state index contributed by atoms with van der Waals surface area (Å²) in [6.45, 7) is 38.3. The van der Waals surface area contributed by atoms with E-state index in [-0.39, 0.29) is 50.3 Å². The second kappa shape index (κ2) is 48.6. The summed E-state index contributed by atoms with van der Waals surface area (Å²) in [5.74, 6) is -0.384. The van der Waals surface area contributed by atoms with E-state index in [0.717, 1.165) is 87.1 Å². The van der Waals surface area contributed by atoms with Crippen LogP contribution in [0.3, 0.4) is 0 Å². The normalized spacial score (nSPS) is 12.8. The summed E-state index contributed by atoms with van der Waals surface area (Å²) in [6.07, 6.45) is 8.87. The molecule has 0 bridgehead atoms. The van der Waals surface area contributed by atoms with Crippen LogP contribution in [-0.2, 0) is 76.0 Å². The van der Waals surface area contributed by atoms with Crippen molar-refractivity contribution in [1.29, 1.82) is 0 Å². The molecule has 0 heterocycles. The fourth-order valence-corrected chi connectivity index (χ4v) is 29.6. The standard InChI is InChI=1S/C61H120O16Te4/c1-17-21-37-78(45-53(62)74-57(5,6)7)41-33-66-25-29-70-49-61(50-71-30-26-67-34-42-79(38-22-18-2)46-54(63)75-58(8,9)10,51-72-31-27-68-35-43-80(39-23-19-3)47-55(64)76-59(11,12)13)52-73-32-28-69-36-44-81(40-24-20-4)48-56(65)77-60(14,15)16/h17-52H2,1-16H3/q+4. The first-order valence-electron chi connectivity index (χ1n) is 30.2. The predicted octanol–water partition coefficient (Wildman–Crippen LogP) is 12.7. The molecule has 0 aliphatic heterocycles. The van der Waals surface area contributed by atoms with E-state index in [4.69, 9.17) is 56.8 Å². The van der Waals surface area contributed by atoms with Crippen molar-refractivity contribution in [3.05, 3.63) is 0 Å². The summed E-state index contributed by atoms with van der Waals surface area (Å²) in [4.78, 5) is 51.0. The van der Waals surface area contributed by atoms with Gasteiger partial charge in [-0.3, -0.25) is 0 Å². The van der Waals surface area contributed by atoms with Gasteiger partial charge in [0.25, 0.3) is 0 Å². The third-order valence-electron chi connectivity index (χ3n) is 11.3. The van der Waals surface area contributed by atoms with Gasteiger partial charge in [0.05, 0.1) is 0 Å². The van der Waals surface area contributed by atoms with Crippen LogP contribution in [-0.4, -0.2) is 230 Å². The van der Waals surface area contributed by atoms with E-state index in [1.807, 2.05) is 83.1 Å². The molecule has 0 amide bonds. The van der Waals surface area contributed by atoms with Gasteiger partial charge in [-0.15, -0.1) is 0 Å². The van der Waals surface area contributed by atoms with Crippen molar-refractivity contribution >= 4 is 102 Å². The van der Waals surface area contributed by atoms with Crippen LogP contribution in [0.25, 0.3) is 0 Å². The minimum absolute atomic E-state index is 0.0960. The number of hydrogen-bond donors (Lipinski definition) is 0. The Morgan fingerprint density at radius 2 is 0.457 bits per heavy atom. The Balaban J connectivity index is 6.13. The second-order valence-corrected chi connectivity index (χ2v) is 51.2. The van der Waals surface area contributed by atoms with Crippen LogP contribution in [0.1, 0.15) is 162 Å². The number of hydrogen-bond acceptors (Lipinski definition) is 16. The van der Waals surface area contributed by atoms with E-state index in [1.165, 1.54) is 0 Å². The van der Waals surface area contributed by atoms with E-state index in [0.29, 0.717) is 97.2 Å². The molecule has 0 aliphatic carbocycles. The van der Waals surface area contributed by atoms with E-state index in [2.05, 4.69) is 27.7 Å². The van der Waals surface area contributed by atoms with Crippen molar-refractivity contribution < 1.29 is 76.0 Å². The summed E-state index contributed by atoms with van der Waals surface area (Å²) >= 11 is -7.01. The second-order valence-electron chi connectivity index (χ2n) is 24.6. The van der Waals surface area contributed by atoms with Gasteiger partial charge < -0.3 is 0 Å². The summed E-state index contributed by atoms with van der Waals surface area (Å²) < 4.78 is 83.4. The zero-order valence-corrected chi connectivity index (χ0v) is 63.4. The first-order chi connectivity index (χ1) is 38.1. The molecule has 0 unspecified atom stereocenters. The Kier molecular flexibility index (Phi) is 49.0. The Labute approximate surface area is 522 Å². The summed E-state index contributed by atoms with van der Waals surface area (Å²) in [7, 11) is 0. The Morgan fingerprint density at radius 3 is 0.630 bits per heavy atom. The van der Waals surface area contributed by atoms with Crippen LogP contribution in [0.2, 0.25) is 53.6 Å². The van der Waals surface area contributed by atoms with Crippen molar-refractivity contribution in [3.63, 3.8) is 0 Å². The average Bonchev–Trinajstić information content (AvgIpc) is 3.34. The number of carbonyl (C=O) groups excluding carboxylic acids is 4. The molecule has 480 valence electrons. The minimum atomic E-state index is -1.75. The quantitative estimate of drug-likeness (QED) is 0.0243. The van der Waals surface area contributed by atoms with Crippen molar-refractivity contribution in [2.45, 2.75) is 238 Å². The molecule has 0 saturated heterocycles. The topological polar surface area (TPSA) is 179 Å². The van der Waals surface area contributed by atoms with Gasteiger partial charge in [0.15, 0.2) is 0 Å². The van der Waals surface area contributed by atoms with Gasteiger partial charge >= 0.3 is 527 Å². The van der Waals surface area contributed by atoms with Crippen molar-refractivity contribution in [3.8, 4) is 0 Å². The Morgan fingerprint density at radius 1 is 0.272 bits per heavy atom. The van der Waals surface area contributed by atoms with Gasteiger partial charge in [-0.1, -0.05) is 0 Å². The molecule has 0 spiro atoms. The van der Waals surface area contributed by atoms with Gasteiger partial charge in [-0.05, 0) is 0 Å². The molecule has 0 atom stereocenters. The number of carbonyl (C=O) groups is 4. The fraction of sp³-hybridized carbons (Fsp3) is 0.934. The molecule has 0 aromatic carbocycles. The maximum atomic E-state index is 12.8. The number of unbranched alkanes of at least 4 members (excludes halogenated alkanes) is 4. The van der Waals surface area contributed by atoms with Crippen LogP contribution < -0.4 is 0 Å². The third kappa shape index (κ3) is 53.5. The van der Waals surface area contributed by atoms with Gasteiger partial charge in [-0.2, -0.15) is 0 Å². The molecule has 16 nitrogen and oxygen atoms in total. The molecule has 81 heavy (non-hydrogen) atoms. The van der Waals surface area contributed by atoms with Crippen molar-refractivity contribution in [2.24, 2.45) is 5.41 Å². The fourth-order valence-electron chi connectivity index (χ4n) is 7.52. The first kappa shape index (κ1) is 81.7. The Hall–Kier alpha value is 0.718. The van der Waals surface area contributed by atoms with E-state index in [1.54, 1.807) is 0 Å². The van der Waals surface area contributed by atoms with Crippen molar-refractivity contribution in [2.75, 3.05) is 106 Å². The molecule has 0 aliphatic rings. The molecular formula is C61H120O16Te4+4. The zero-order valence-electron chi connectivity index (χ0n) is 54.1. The SMILES string of the molecule is CCCC[Te+](CCOCCOCC(COCCOCC[Te+](CCCC)CC(=O)OC(C)(C)C)(COCCOCC[Te+](CCCC)CC(=O)OC(C)(C)C)COCCOCC[Te+](CCCC)CC(=O)OC(C)(C)C)CC(=O)OC(C)(C)C. The molecular weight excluding hydrogens is 1500 g/mol. The van der Waals surface area contributed by atoms with Crippen molar-refractivity contribution in [1.82, 2.24) is 0 Å². The molecule has 20 heteroatoms. The summed E-state index contributed by atoms with van der Waals surface area (Å²) in [5, 5.41) is 0. The Bertz CT molecular complexity index is 1350. The molecule has 0 rings (SSSR count). The van der Waals surface area contributed by atoms with Gasteiger partial charge in [0.2, 0.25) is 0 Å². The summed E-state index contributed by atoms with van der Waals surface area (Å²) in [6, 6.07) is 0. The third-order valence-corrected chi connectivity index (χ3v) is 37.0. The monoisotopic (exact) mass is 1630 g/mol. The van der Waals surface area contributed by atoms with Crippen LogP contribution in [0.5, 0.6) is 0 Å². The number of rotatable bonds is 52.